The van der Waals surface area contributed by atoms with E-state index in [1.54, 1.807) is 0 Å². The molecule has 2 rings (SSSR count). The van der Waals surface area contributed by atoms with Crippen molar-refractivity contribution < 1.29 is 4.42 Å². The van der Waals surface area contributed by atoms with Gasteiger partial charge >= 0.3 is 0 Å². The molecule has 5 heteroatoms. The van der Waals surface area contributed by atoms with Gasteiger partial charge in [0.2, 0.25) is 11.8 Å². The van der Waals surface area contributed by atoms with Gasteiger partial charge in [-0.2, -0.15) is 0 Å². The Labute approximate surface area is 107 Å². The summed E-state index contributed by atoms with van der Waals surface area (Å²) < 4.78 is 7.55. The predicted molar refractivity (Wildman–Crippen MR) is 69.2 cm³/mol. The van der Waals surface area contributed by atoms with Crippen molar-refractivity contribution in [3.05, 3.63) is 35.8 Å². The normalized spacial score (nSPS) is 11.0. The Hall–Kier alpha value is -1.62. The first-order valence-corrected chi connectivity index (χ1v) is 6.48. The van der Waals surface area contributed by atoms with Crippen molar-refractivity contribution in [2.75, 3.05) is 6.54 Å². The van der Waals surface area contributed by atoms with Gasteiger partial charge in [0.1, 0.15) is 6.54 Å². The monoisotopic (exact) mass is 248 g/mol. The average molecular weight is 248 g/mol. The molecule has 18 heavy (non-hydrogen) atoms. The first-order valence-electron chi connectivity index (χ1n) is 6.48. The highest BCUT2D eigenvalue weighted by molar-refractivity contribution is 5.10. The van der Waals surface area contributed by atoms with E-state index < -0.39 is 0 Å². The van der Waals surface area contributed by atoms with Crippen molar-refractivity contribution in [1.29, 1.82) is 0 Å². The van der Waals surface area contributed by atoms with Gasteiger partial charge in [-0.1, -0.05) is 13.8 Å². The maximum Gasteiger partial charge on any atom is 0.236 e. The summed E-state index contributed by atoms with van der Waals surface area (Å²) in [5, 5.41) is 11.3. The van der Waals surface area contributed by atoms with Crippen molar-refractivity contribution in [2.24, 2.45) is 0 Å². The number of rotatable bonds is 7. The van der Waals surface area contributed by atoms with Crippen LogP contribution in [0.25, 0.3) is 0 Å². The highest BCUT2D eigenvalue weighted by Gasteiger charge is 2.05. The van der Waals surface area contributed by atoms with E-state index in [9.17, 15) is 0 Å². The Morgan fingerprint density at radius 2 is 2.11 bits per heavy atom. The molecule has 0 aliphatic rings. The number of aryl methyl sites for hydroxylation is 1. The van der Waals surface area contributed by atoms with E-state index in [4.69, 9.17) is 4.42 Å². The molecule has 0 unspecified atom stereocenters. The van der Waals surface area contributed by atoms with E-state index >= 15 is 0 Å². The molecule has 0 radical (unpaired) electrons. The lowest BCUT2D eigenvalue weighted by atomic mass is 10.3. The number of aromatic nitrogens is 3. The van der Waals surface area contributed by atoms with Gasteiger partial charge in [-0.15, -0.1) is 10.2 Å². The zero-order valence-electron chi connectivity index (χ0n) is 11.0. The molecule has 0 fully saturated rings. The summed E-state index contributed by atoms with van der Waals surface area (Å²) >= 11 is 0. The Balaban J connectivity index is 1.89. The van der Waals surface area contributed by atoms with Crippen LogP contribution in [0.2, 0.25) is 0 Å². The van der Waals surface area contributed by atoms with Gasteiger partial charge in [-0.05, 0) is 24.6 Å². The summed E-state index contributed by atoms with van der Waals surface area (Å²) in [7, 11) is 0. The molecule has 5 nitrogen and oxygen atoms in total. The maximum atomic E-state index is 5.49. The van der Waals surface area contributed by atoms with E-state index in [1.807, 2.05) is 13.1 Å². The molecule has 0 atom stereocenters. The van der Waals surface area contributed by atoms with Crippen LogP contribution in [-0.4, -0.2) is 21.3 Å². The molecule has 98 valence electrons. The Kier molecular flexibility index (Phi) is 4.52. The summed E-state index contributed by atoms with van der Waals surface area (Å²) in [6.45, 7) is 6.77. The van der Waals surface area contributed by atoms with Crippen LogP contribution in [0.5, 0.6) is 0 Å². The quantitative estimate of drug-likeness (QED) is 0.761. The molecule has 2 aromatic rings. The molecule has 2 heterocycles. The van der Waals surface area contributed by atoms with Crippen molar-refractivity contribution in [3.8, 4) is 0 Å². The maximum absolute atomic E-state index is 5.49. The van der Waals surface area contributed by atoms with Crippen LogP contribution in [0.1, 0.15) is 37.6 Å². The Morgan fingerprint density at radius 3 is 2.83 bits per heavy atom. The van der Waals surface area contributed by atoms with E-state index in [1.165, 1.54) is 5.56 Å². The van der Waals surface area contributed by atoms with E-state index in [2.05, 4.69) is 39.3 Å². The smallest absolute Gasteiger partial charge is 0.236 e. The molecule has 0 aromatic carbocycles. The van der Waals surface area contributed by atoms with E-state index in [0.29, 0.717) is 18.3 Å². The van der Waals surface area contributed by atoms with Crippen LogP contribution in [-0.2, 0) is 19.5 Å². The second-order valence-electron chi connectivity index (χ2n) is 4.31. The van der Waals surface area contributed by atoms with Gasteiger partial charge in [0.15, 0.2) is 0 Å². The first kappa shape index (κ1) is 12.8. The second-order valence-corrected chi connectivity index (χ2v) is 4.31. The van der Waals surface area contributed by atoms with Gasteiger partial charge in [-0.3, -0.25) is 0 Å². The third-order valence-electron chi connectivity index (χ3n) is 2.70. The van der Waals surface area contributed by atoms with Crippen molar-refractivity contribution in [1.82, 2.24) is 20.1 Å². The molecule has 1 N–H and O–H groups in total. The Morgan fingerprint density at radius 1 is 1.28 bits per heavy atom. The molecular weight excluding hydrogens is 228 g/mol. The standard InChI is InChI=1S/C13H20N4O/c1-3-6-14-8-11-5-7-17(9-11)10-13-16-15-12(4-2)18-13/h5,7,9,14H,3-4,6,8,10H2,1-2H3. The minimum absolute atomic E-state index is 0.640. The largest absolute Gasteiger partial charge is 0.423 e. The number of hydrogen-bond donors (Lipinski definition) is 1. The minimum atomic E-state index is 0.640. The number of nitrogens with one attached hydrogen (secondary N) is 1. The summed E-state index contributed by atoms with van der Waals surface area (Å²) in [5.41, 5.74) is 1.28. The molecule has 0 bridgehead atoms. The average Bonchev–Trinajstić information content (AvgIpc) is 3.00. The molecule has 0 aliphatic heterocycles. The van der Waals surface area contributed by atoms with Crippen LogP contribution in [0.4, 0.5) is 0 Å². The lowest BCUT2D eigenvalue weighted by molar-refractivity contribution is 0.442. The van der Waals surface area contributed by atoms with Gasteiger partial charge in [0.05, 0.1) is 0 Å². The fraction of sp³-hybridized carbons (Fsp3) is 0.538. The van der Waals surface area contributed by atoms with E-state index in [-0.39, 0.29) is 0 Å². The van der Waals surface area contributed by atoms with Crippen LogP contribution in [0.15, 0.2) is 22.9 Å². The van der Waals surface area contributed by atoms with Crippen LogP contribution >= 0.6 is 0 Å². The third-order valence-corrected chi connectivity index (χ3v) is 2.70. The van der Waals surface area contributed by atoms with Crippen molar-refractivity contribution in [3.63, 3.8) is 0 Å². The fourth-order valence-electron chi connectivity index (χ4n) is 1.75. The van der Waals surface area contributed by atoms with Crippen molar-refractivity contribution in [2.45, 2.75) is 39.8 Å². The van der Waals surface area contributed by atoms with Gasteiger partial charge in [-0.25, -0.2) is 0 Å². The topological polar surface area (TPSA) is 55.9 Å². The first-order chi connectivity index (χ1) is 8.81. The highest BCUT2D eigenvalue weighted by atomic mass is 16.4. The highest BCUT2D eigenvalue weighted by Crippen LogP contribution is 2.06. The Bertz CT molecular complexity index is 475. The predicted octanol–water partition coefficient (Wildman–Crippen LogP) is 1.98. The lowest BCUT2D eigenvalue weighted by Gasteiger charge is -2.00. The van der Waals surface area contributed by atoms with Gasteiger partial charge < -0.3 is 14.3 Å². The molecule has 0 aliphatic carbocycles. The van der Waals surface area contributed by atoms with Crippen molar-refractivity contribution >= 4 is 0 Å². The second kappa shape index (κ2) is 6.35. The summed E-state index contributed by atoms with van der Waals surface area (Å²) in [6, 6.07) is 2.11. The third kappa shape index (κ3) is 3.43. The van der Waals surface area contributed by atoms with Crippen LogP contribution in [0.3, 0.4) is 0 Å². The molecule has 2 aromatic heterocycles. The number of hydrogen-bond acceptors (Lipinski definition) is 4. The lowest BCUT2D eigenvalue weighted by Crippen LogP contribution is -2.13. The minimum Gasteiger partial charge on any atom is -0.423 e. The SMILES string of the molecule is CCCNCc1ccn(Cc2nnc(CC)o2)c1. The van der Waals surface area contributed by atoms with Gasteiger partial charge in [0, 0.05) is 25.4 Å². The van der Waals surface area contributed by atoms with Crippen LogP contribution in [0, 0.1) is 0 Å². The molecular formula is C13H20N4O. The van der Waals surface area contributed by atoms with Crippen LogP contribution < -0.4 is 5.32 Å². The summed E-state index contributed by atoms with van der Waals surface area (Å²) in [6.07, 6.45) is 6.09. The molecule has 0 amide bonds. The van der Waals surface area contributed by atoms with Gasteiger partial charge in [0.25, 0.3) is 0 Å². The number of nitrogens with zero attached hydrogens (tertiary/aromatic N) is 3. The summed E-state index contributed by atoms with van der Waals surface area (Å²) in [5.74, 6) is 1.36. The summed E-state index contributed by atoms with van der Waals surface area (Å²) in [4.78, 5) is 0. The zero-order valence-corrected chi connectivity index (χ0v) is 11.0. The van der Waals surface area contributed by atoms with E-state index in [0.717, 1.165) is 25.9 Å². The fourth-order valence-corrected chi connectivity index (χ4v) is 1.75. The molecule has 0 saturated heterocycles. The molecule has 0 spiro atoms. The molecule has 0 saturated carbocycles. The zero-order chi connectivity index (χ0) is 12.8.